The molecule has 5 nitrogen and oxygen atoms in total. The number of aliphatic imine (C=N–C) groups is 1. The van der Waals surface area contributed by atoms with E-state index in [9.17, 15) is 4.39 Å². The highest BCUT2D eigenvalue weighted by molar-refractivity contribution is 14.0. The van der Waals surface area contributed by atoms with Gasteiger partial charge < -0.3 is 20.1 Å². The van der Waals surface area contributed by atoms with Crippen molar-refractivity contribution < 1.29 is 13.9 Å². The number of ether oxygens (including phenoxy) is 2. The smallest absolute Gasteiger partial charge is 0.191 e. The summed E-state index contributed by atoms with van der Waals surface area (Å²) in [6.07, 6.45) is 2.77. The first-order chi connectivity index (χ1) is 12.2. The minimum atomic E-state index is -0.195. The number of nitrogens with zero attached hydrogens (tertiary/aromatic N) is 1. The molecule has 1 aliphatic heterocycles. The van der Waals surface area contributed by atoms with Crippen LogP contribution in [0.2, 0.25) is 0 Å². The van der Waals surface area contributed by atoms with Crippen LogP contribution < -0.4 is 10.6 Å². The highest BCUT2D eigenvalue weighted by atomic mass is 127. The van der Waals surface area contributed by atoms with Crippen LogP contribution in [0.1, 0.15) is 19.3 Å². The van der Waals surface area contributed by atoms with E-state index in [0.717, 1.165) is 62.2 Å². The Morgan fingerprint density at radius 3 is 2.58 bits per heavy atom. The molecule has 1 aliphatic rings. The number of thioether (sulfide) groups is 1. The molecular formula is C18H29FIN3O2S. The molecule has 0 aromatic heterocycles. The number of halogens is 2. The molecule has 26 heavy (non-hydrogen) atoms. The standard InChI is InChI=1S/C18H28FN3O2S.HI/c1-20-17(22-14-18(23-2)8-11-24-12-9-18)21-10-3-13-25-16-6-4-15(19)5-7-16;/h4-7H,3,8-14H2,1-2H3,(H2,20,21,22);1H. The van der Waals surface area contributed by atoms with Crippen LogP contribution in [0.25, 0.3) is 0 Å². The Kier molecular flexibility index (Phi) is 11.5. The molecule has 0 radical (unpaired) electrons. The lowest BCUT2D eigenvalue weighted by Gasteiger charge is -2.36. The van der Waals surface area contributed by atoms with Crippen LogP contribution in [0.4, 0.5) is 4.39 Å². The Hall–Kier alpha value is -0.580. The van der Waals surface area contributed by atoms with Gasteiger partial charge in [-0.2, -0.15) is 0 Å². The minimum Gasteiger partial charge on any atom is -0.381 e. The van der Waals surface area contributed by atoms with Gasteiger partial charge in [0.25, 0.3) is 0 Å². The number of rotatable bonds is 8. The van der Waals surface area contributed by atoms with Crippen molar-refractivity contribution in [2.75, 3.05) is 46.2 Å². The molecular weight excluding hydrogens is 468 g/mol. The monoisotopic (exact) mass is 497 g/mol. The molecule has 0 spiro atoms. The number of guanidine groups is 1. The van der Waals surface area contributed by atoms with Crippen LogP contribution in [0.3, 0.4) is 0 Å². The third-order valence-corrected chi connectivity index (χ3v) is 5.43. The van der Waals surface area contributed by atoms with E-state index in [0.29, 0.717) is 0 Å². The molecule has 8 heteroatoms. The van der Waals surface area contributed by atoms with E-state index in [1.807, 2.05) is 12.1 Å². The fourth-order valence-electron chi connectivity index (χ4n) is 2.66. The molecule has 1 aromatic carbocycles. The van der Waals surface area contributed by atoms with Gasteiger partial charge in [0.05, 0.1) is 5.60 Å². The maximum absolute atomic E-state index is 12.9. The highest BCUT2D eigenvalue weighted by Gasteiger charge is 2.32. The lowest BCUT2D eigenvalue weighted by molar-refractivity contribution is -0.0855. The van der Waals surface area contributed by atoms with Crippen molar-refractivity contribution in [1.29, 1.82) is 0 Å². The van der Waals surface area contributed by atoms with Gasteiger partial charge in [-0.3, -0.25) is 4.99 Å². The van der Waals surface area contributed by atoms with Gasteiger partial charge in [-0.05, 0) is 36.4 Å². The summed E-state index contributed by atoms with van der Waals surface area (Å²) in [7, 11) is 3.53. The Balaban J connectivity index is 0.00000338. The highest BCUT2D eigenvalue weighted by Crippen LogP contribution is 2.23. The molecule has 148 valence electrons. The van der Waals surface area contributed by atoms with Crippen LogP contribution >= 0.6 is 35.7 Å². The summed E-state index contributed by atoms with van der Waals surface area (Å²) in [4.78, 5) is 5.35. The van der Waals surface area contributed by atoms with Crippen LogP contribution in [0.5, 0.6) is 0 Å². The minimum absolute atomic E-state index is 0. The van der Waals surface area contributed by atoms with E-state index < -0.39 is 0 Å². The van der Waals surface area contributed by atoms with E-state index >= 15 is 0 Å². The molecule has 0 aliphatic carbocycles. The van der Waals surface area contributed by atoms with Crippen molar-refractivity contribution in [3.8, 4) is 0 Å². The predicted molar refractivity (Wildman–Crippen MR) is 116 cm³/mol. The first-order valence-corrected chi connectivity index (χ1v) is 9.62. The summed E-state index contributed by atoms with van der Waals surface area (Å²) in [6.45, 7) is 3.03. The van der Waals surface area contributed by atoms with Crippen LogP contribution in [0.15, 0.2) is 34.2 Å². The zero-order valence-corrected chi connectivity index (χ0v) is 18.6. The molecule has 0 bridgehead atoms. The maximum atomic E-state index is 12.9. The number of hydrogen-bond acceptors (Lipinski definition) is 4. The number of hydrogen-bond donors (Lipinski definition) is 2. The first kappa shape index (κ1) is 23.5. The van der Waals surface area contributed by atoms with Gasteiger partial charge in [-0.1, -0.05) is 0 Å². The normalized spacial score (nSPS) is 16.7. The lowest BCUT2D eigenvalue weighted by atomic mass is 9.94. The molecule has 1 aromatic rings. The summed E-state index contributed by atoms with van der Waals surface area (Å²) in [6, 6.07) is 6.61. The molecule has 0 atom stereocenters. The van der Waals surface area contributed by atoms with Gasteiger partial charge in [0.15, 0.2) is 5.96 Å². The summed E-state index contributed by atoms with van der Waals surface area (Å²) in [5.41, 5.74) is -0.172. The topological polar surface area (TPSA) is 54.9 Å². The average molecular weight is 497 g/mol. The second-order valence-corrected chi connectivity index (χ2v) is 7.18. The second kappa shape index (κ2) is 12.7. The summed E-state index contributed by atoms with van der Waals surface area (Å²) < 4.78 is 24.0. The number of methoxy groups -OCH3 is 1. The Labute approximate surface area is 176 Å². The lowest BCUT2D eigenvalue weighted by Crippen LogP contribution is -2.50. The largest absolute Gasteiger partial charge is 0.381 e. The van der Waals surface area contributed by atoms with Gasteiger partial charge in [0, 0.05) is 58.2 Å². The Morgan fingerprint density at radius 1 is 1.27 bits per heavy atom. The maximum Gasteiger partial charge on any atom is 0.191 e. The molecule has 0 saturated carbocycles. The Morgan fingerprint density at radius 2 is 1.96 bits per heavy atom. The van der Waals surface area contributed by atoms with E-state index in [1.54, 1.807) is 25.9 Å². The van der Waals surface area contributed by atoms with Gasteiger partial charge in [-0.15, -0.1) is 35.7 Å². The van der Waals surface area contributed by atoms with Crippen LogP contribution in [-0.4, -0.2) is 57.8 Å². The molecule has 0 amide bonds. The SMILES string of the molecule is CN=C(NCCCSc1ccc(F)cc1)NCC1(OC)CCOCC1.I. The third-order valence-electron chi connectivity index (χ3n) is 4.33. The van der Waals surface area contributed by atoms with Gasteiger partial charge in [0.1, 0.15) is 5.82 Å². The fourth-order valence-corrected chi connectivity index (χ4v) is 3.51. The van der Waals surface area contributed by atoms with E-state index in [2.05, 4.69) is 15.6 Å². The summed E-state index contributed by atoms with van der Waals surface area (Å²) >= 11 is 1.73. The summed E-state index contributed by atoms with van der Waals surface area (Å²) in [5.74, 6) is 1.56. The van der Waals surface area contributed by atoms with Crippen molar-refractivity contribution in [3.63, 3.8) is 0 Å². The first-order valence-electron chi connectivity index (χ1n) is 8.63. The molecule has 2 rings (SSSR count). The van der Waals surface area contributed by atoms with E-state index in [1.165, 1.54) is 12.1 Å². The second-order valence-electron chi connectivity index (χ2n) is 6.01. The van der Waals surface area contributed by atoms with Gasteiger partial charge >= 0.3 is 0 Å². The predicted octanol–water partition coefficient (Wildman–Crippen LogP) is 3.29. The van der Waals surface area contributed by atoms with E-state index in [4.69, 9.17) is 9.47 Å². The molecule has 1 heterocycles. The molecule has 2 N–H and O–H groups in total. The third kappa shape index (κ3) is 7.98. The van der Waals surface area contributed by atoms with E-state index in [-0.39, 0.29) is 35.4 Å². The van der Waals surface area contributed by atoms with Crippen LogP contribution in [-0.2, 0) is 9.47 Å². The Bertz CT molecular complexity index is 540. The summed E-state index contributed by atoms with van der Waals surface area (Å²) in [5, 5.41) is 6.68. The van der Waals surface area contributed by atoms with Crippen molar-refractivity contribution in [3.05, 3.63) is 30.1 Å². The van der Waals surface area contributed by atoms with Crippen molar-refractivity contribution in [2.45, 2.75) is 29.8 Å². The molecule has 0 unspecified atom stereocenters. The van der Waals surface area contributed by atoms with Gasteiger partial charge in [0.2, 0.25) is 0 Å². The van der Waals surface area contributed by atoms with Gasteiger partial charge in [-0.25, -0.2) is 4.39 Å². The molecule has 1 saturated heterocycles. The average Bonchev–Trinajstić information content (AvgIpc) is 2.66. The fraction of sp³-hybridized carbons (Fsp3) is 0.611. The zero-order valence-electron chi connectivity index (χ0n) is 15.4. The van der Waals surface area contributed by atoms with Crippen molar-refractivity contribution >= 4 is 41.7 Å². The number of benzene rings is 1. The van der Waals surface area contributed by atoms with Crippen molar-refractivity contribution in [1.82, 2.24) is 10.6 Å². The molecule has 1 fully saturated rings. The van der Waals surface area contributed by atoms with Crippen LogP contribution in [0, 0.1) is 5.82 Å². The quantitative estimate of drug-likeness (QED) is 0.190. The van der Waals surface area contributed by atoms with Crippen molar-refractivity contribution in [2.24, 2.45) is 4.99 Å². The zero-order chi connectivity index (χ0) is 18.0. The number of nitrogens with one attached hydrogen (secondary N) is 2.